The first kappa shape index (κ1) is 22.3. The molecule has 0 aromatic heterocycles. The fourth-order valence-electron chi connectivity index (χ4n) is 2.91. The van der Waals surface area contributed by atoms with Crippen LogP contribution < -0.4 is 20.1 Å². The van der Waals surface area contributed by atoms with Crippen LogP contribution in [0.15, 0.2) is 53.5 Å². The third kappa shape index (κ3) is 6.87. The van der Waals surface area contributed by atoms with Crippen molar-refractivity contribution in [2.75, 3.05) is 26.4 Å². The molecule has 0 radical (unpaired) electrons. The second-order valence-corrected chi connectivity index (χ2v) is 6.43. The van der Waals surface area contributed by atoms with E-state index >= 15 is 0 Å². The van der Waals surface area contributed by atoms with Gasteiger partial charge >= 0.3 is 0 Å². The Morgan fingerprint density at radius 2 is 1.86 bits per heavy atom. The van der Waals surface area contributed by atoms with Gasteiger partial charge in [0.2, 0.25) is 6.79 Å². The van der Waals surface area contributed by atoms with Crippen molar-refractivity contribution in [1.29, 1.82) is 0 Å². The van der Waals surface area contributed by atoms with E-state index in [0.717, 1.165) is 36.6 Å². The van der Waals surface area contributed by atoms with Crippen LogP contribution in [-0.2, 0) is 12.8 Å². The van der Waals surface area contributed by atoms with Gasteiger partial charge in [-0.2, -0.15) is 0 Å². The summed E-state index contributed by atoms with van der Waals surface area (Å²) in [7, 11) is 0. The first-order valence-corrected chi connectivity index (χ1v) is 9.37. The van der Waals surface area contributed by atoms with Crippen molar-refractivity contribution >= 4 is 29.9 Å². The minimum absolute atomic E-state index is 0. The molecule has 1 aliphatic heterocycles. The van der Waals surface area contributed by atoms with Crippen molar-refractivity contribution in [3.63, 3.8) is 0 Å². The van der Waals surface area contributed by atoms with Gasteiger partial charge in [-0.15, -0.1) is 24.0 Å². The predicted octanol–water partition coefficient (Wildman–Crippen LogP) is 2.73. The van der Waals surface area contributed by atoms with Gasteiger partial charge in [0.25, 0.3) is 0 Å². The van der Waals surface area contributed by atoms with E-state index in [-0.39, 0.29) is 24.0 Å². The maximum absolute atomic E-state index is 10.2. The van der Waals surface area contributed by atoms with Crippen LogP contribution in [0.25, 0.3) is 0 Å². The van der Waals surface area contributed by atoms with E-state index in [1.165, 1.54) is 5.56 Å². The first-order chi connectivity index (χ1) is 13.2. The molecular weight excluding hydrogens is 469 g/mol. The lowest BCUT2D eigenvalue weighted by Gasteiger charge is -2.13. The first-order valence-electron chi connectivity index (χ1n) is 9.37. The van der Waals surface area contributed by atoms with Crippen LogP contribution in [0.2, 0.25) is 0 Å². The van der Waals surface area contributed by atoms with Crippen LogP contribution in [0.1, 0.15) is 18.1 Å². The summed E-state index contributed by atoms with van der Waals surface area (Å²) in [5.74, 6) is 2.32. The maximum Gasteiger partial charge on any atom is 0.231 e. The Balaban J connectivity index is 0.00000280. The Morgan fingerprint density at radius 1 is 1.07 bits per heavy atom. The van der Waals surface area contributed by atoms with Crippen molar-refractivity contribution in [2.45, 2.75) is 25.9 Å². The van der Waals surface area contributed by atoms with Gasteiger partial charge < -0.3 is 25.2 Å². The molecule has 0 bridgehead atoms. The van der Waals surface area contributed by atoms with Crippen LogP contribution in [-0.4, -0.2) is 43.6 Å². The monoisotopic (exact) mass is 497 g/mol. The second kappa shape index (κ2) is 11.8. The number of fused-ring (bicyclic) bond motifs is 1. The lowest BCUT2D eigenvalue weighted by molar-refractivity contribution is 0.174. The second-order valence-electron chi connectivity index (χ2n) is 6.43. The lowest BCUT2D eigenvalue weighted by atomic mass is 10.1. The predicted molar refractivity (Wildman–Crippen MR) is 122 cm³/mol. The molecule has 0 saturated carbocycles. The molecule has 3 rings (SSSR count). The van der Waals surface area contributed by atoms with Crippen LogP contribution in [0.4, 0.5) is 0 Å². The number of hydrogen-bond donors (Lipinski definition) is 3. The zero-order valence-corrected chi connectivity index (χ0v) is 18.4. The molecule has 0 spiro atoms. The van der Waals surface area contributed by atoms with E-state index in [4.69, 9.17) is 9.47 Å². The standard InChI is InChI=1S/C21H27N3O3.HI/c1-2-22-21(24-14-18(25)12-16-6-4-3-5-7-16)23-11-10-17-8-9-19-20(13-17)27-15-26-19;/h3-9,13,18,25H,2,10-12,14-15H2,1H3,(H2,22,23,24);1H. The van der Waals surface area contributed by atoms with Gasteiger partial charge in [-0.3, -0.25) is 4.99 Å². The van der Waals surface area contributed by atoms with Gasteiger partial charge in [-0.25, -0.2) is 0 Å². The Kier molecular flexibility index (Phi) is 9.36. The number of ether oxygens (including phenoxy) is 2. The molecule has 152 valence electrons. The number of guanidine groups is 1. The molecule has 0 saturated heterocycles. The van der Waals surface area contributed by atoms with E-state index in [1.807, 2.05) is 55.5 Å². The molecule has 0 aliphatic carbocycles. The number of aliphatic hydroxyl groups excluding tert-OH is 1. The highest BCUT2D eigenvalue weighted by molar-refractivity contribution is 14.0. The number of rotatable bonds is 8. The van der Waals surface area contributed by atoms with Crippen molar-refractivity contribution in [3.05, 3.63) is 59.7 Å². The van der Waals surface area contributed by atoms with Gasteiger partial charge in [0.1, 0.15) is 0 Å². The number of halogens is 1. The van der Waals surface area contributed by atoms with Gasteiger partial charge in [0, 0.05) is 19.5 Å². The molecule has 0 fully saturated rings. The van der Waals surface area contributed by atoms with Crippen molar-refractivity contribution < 1.29 is 14.6 Å². The average Bonchev–Trinajstić information content (AvgIpc) is 3.15. The molecule has 3 N–H and O–H groups in total. The summed E-state index contributed by atoms with van der Waals surface area (Å²) in [5, 5.41) is 16.7. The molecule has 1 atom stereocenters. The quantitative estimate of drug-likeness (QED) is 0.297. The molecule has 2 aromatic carbocycles. The number of aliphatic hydroxyl groups is 1. The summed E-state index contributed by atoms with van der Waals surface area (Å²) in [6.07, 6.45) is 0.936. The Labute approximate surface area is 183 Å². The van der Waals surface area contributed by atoms with Crippen LogP contribution in [0, 0.1) is 0 Å². The van der Waals surface area contributed by atoms with E-state index in [0.29, 0.717) is 25.7 Å². The molecule has 28 heavy (non-hydrogen) atoms. The smallest absolute Gasteiger partial charge is 0.231 e. The van der Waals surface area contributed by atoms with E-state index < -0.39 is 6.10 Å². The molecular formula is C21H28IN3O3. The number of nitrogens with one attached hydrogen (secondary N) is 2. The van der Waals surface area contributed by atoms with Gasteiger partial charge in [0.05, 0.1) is 12.6 Å². The highest BCUT2D eigenvalue weighted by Crippen LogP contribution is 2.32. The fourth-order valence-corrected chi connectivity index (χ4v) is 2.91. The van der Waals surface area contributed by atoms with E-state index in [2.05, 4.69) is 15.6 Å². The van der Waals surface area contributed by atoms with Gasteiger partial charge in [0.15, 0.2) is 17.5 Å². The minimum atomic E-state index is -0.503. The fraction of sp³-hybridized carbons (Fsp3) is 0.381. The minimum Gasteiger partial charge on any atom is -0.454 e. The summed E-state index contributed by atoms with van der Waals surface area (Å²) in [4.78, 5) is 4.50. The zero-order valence-electron chi connectivity index (χ0n) is 16.1. The summed E-state index contributed by atoms with van der Waals surface area (Å²) in [5.41, 5.74) is 2.28. The topological polar surface area (TPSA) is 75.1 Å². The van der Waals surface area contributed by atoms with Crippen molar-refractivity contribution in [1.82, 2.24) is 10.6 Å². The average molecular weight is 497 g/mol. The summed E-state index contributed by atoms with van der Waals surface area (Å²) < 4.78 is 10.7. The maximum atomic E-state index is 10.2. The third-order valence-corrected chi connectivity index (χ3v) is 4.26. The number of benzene rings is 2. The van der Waals surface area contributed by atoms with Gasteiger partial charge in [-0.05, 0) is 36.6 Å². The Hall–Kier alpha value is -2.00. The van der Waals surface area contributed by atoms with Crippen LogP contribution in [0.3, 0.4) is 0 Å². The summed E-state index contributed by atoms with van der Waals surface area (Å²) in [6, 6.07) is 16.0. The van der Waals surface area contributed by atoms with Crippen LogP contribution in [0.5, 0.6) is 11.5 Å². The number of aliphatic imine (C=N–C) groups is 1. The zero-order chi connectivity index (χ0) is 18.9. The molecule has 2 aromatic rings. The largest absolute Gasteiger partial charge is 0.454 e. The van der Waals surface area contributed by atoms with Crippen LogP contribution >= 0.6 is 24.0 Å². The molecule has 1 unspecified atom stereocenters. The van der Waals surface area contributed by atoms with Gasteiger partial charge in [-0.1, -0.05) is 36.4 Å². The highest BCUT2D eigenvalue weighted by atomic mass is 127. The lowest BCUT2D eigenvalue weighted by Crippen LogP contribution is -2.39. The molecule has 6 nitrogen and oxygen atoms in total. The van der Waals surface area contributed by atoms with E-state index in [9.17, 15) is 5.11 Å². The Bertz CT molecular complexity index is 756. The Morgan fingerprint density at radius 3 is 2.64 bits per heavy atom. The molecule has 7 heteroatoms. The molecule has 1 heterocycles. The SMILES string of the molecule is CCNC(=NCC(O)Cc1ccccc1)NCCc1ccc2c(c1)OCO2.I. The molecule has 1 aliphatic rings. The third-order valence-electron chi connectivity index (χ3n) is 4.26. The number of nitrogens with zero attached hydrogens (tertiary/aromatic N) is 1. The van der Waals surface area contributed by atoms with Crippen molar-refractivity contribution in [3.8, 4) is 11.5 Å². The normalized spacial score (nSPS) is 13.6. The number of hydrogen-bond acceptors (Lipinski definition) is 4. The summed E-state index contributed by atoms with van der Waals surface area (Å²) >= 11 is 0. The molecule has 0 amide bonds. The highest BCUT2D eigenvalue weighted by Gasteiger charge is 2.13. The van der Waals surface area contributed by atoms with Crippen molar-refractivity contribution in [2.24, 2.45) is 4.99 Å². The van der Waals surface area contributed by atoms with E-state index in [1.54, 1.807) is 0 Å². The summed E-state index contributed by atoms with van der Waals surface area (Å²) in [6.45, 7) is 4.17.